The lowest BCUT2D eigenvalue weighted by atomic mass is 10.2. The molecule has 0 fully saturated rings. The Hall–Kier alpha value is -2.92. The lowest BCUT2D eigenvalue weighted by Crippen LogP contribution is -2.06. The first kappa shape index (κ1) is 15.6. The number of H-pyrrole nitrogens is 1. The van der Waals surface area contributed by atoms with Crippen LogP contribution >= 0.6 is 11.6 Å². The zero-order valence-electron chi connectivity index (χ0n) is 13.4. The van der Waals surface area contributed by atoms with Crippen LogP contribution in [0.2, 0.25) is 5.02 Å². The molecule has 4 rings (SSSR count). The summed E-state index contributed by atoms with van der Waals surface area (Å²) in [6.45, 7) is 0.768. The smallest absolute Gasteiger partial charge is 0.154 e. The number of rotatable bonds is 5. The highest BCUT2D eigenvalue weighted by molar-refractivity contribution is 6.33. The van der Waals surface area contributed by atoms with Gasteiger partial charge in [-0.05, 0) is 42.3 Å². The van der Waals surface area contributed by atoms with Gasteiger partial charge in [0.1, 0.15) is 11.3 Å². The van der Waals surface area contributed by atoms with E-state index in [2.05, 4.69) is 20.3 Å². The van der Waals surface area contributed by atoms with Crippen molar-refractivity contribution in [2.24, 2.45) is 0 Å². The molecule has 0 aliphatic rings. The predicted octanol–water partition coefficient (Wildman–Crippen LogP) is 4.33. The molecule has 0 bridgehead atoms. The van der Waals surface area contributed by atoms with Gasteiger partial charge in [0.05, 0.1) is 10.5 Å². The molecule has 3 heterocycles. The number of hydrogen-bond donors (Lipinski definition) is 2. The van der Waals surface area contributed by atoms with E-state index < -0.39 is 0 Å². The molecule has 0 atom stereocenters. The van der Waals surface area contributed by atoms with Gasteiger partial charge in [-0.25, -0.2) is 9.97 Å². The number of nitrogens with one attached hydrogen (secondary N) is 2. The minimum absolute atomic E-state index is 0.668. The van der Waals surface area contributed by atoms with E-state index in [1.54, 1.807) is 18.6 Å². The van der Waals surface area contributed by atoms with Crippen LogP contribution in [0, 0.1) is 0 Å². The van der Waals surface area contributed by atoms with E-state index in [0.717, 1.165) is 41.2 Å². The maximum atomic E-state index is 6.28. The van der Waals surface area contributed by atoms with Crippen LogP contribution in [0.5, 0.6) is 0 Å². The summed E-state index contributed by atoms with van der Waals surface area (Å²) in [7, 11) is 0. The summed E-state index contributed by atoms with van der Waals surface area (Å²) in [6, 6.07) is 13.6. The number of pyridine rings is 2. The van der Waals surface area contributed by atoms with Gasteiger partial charge in [0.25, 0.3) is 0 Å². The van der Waals surface area contributed by atoms with Crippen LogP contribution in [0.3, 0.4) is 0 Å². The van der Waals surface area contributed by atoms with E-state index in [9.17, 15) is 0 Å². The molecule has 0 unspecified atom stereocenters. The minimum atomic E-state index is 0.668. The molecule has 0 aliphatic heterocycles. The summed E-state index contributed by atoms with van der Waals surface area (Å²) in [4.78, 5) is 16.5. The van der Waals surface area contributed by atoms with Crippen LogP contribution in [0.15, 0.2) is 61.1 Å². The van der Waals surface area contributed by atoms with E-state index in [1.807, 2.05) is 42.5 Å². The number of aromatic nitrogens is 4. The lowest BCUT2D eigenvalue weighted by Gasteiger charge is -2.05. The number of imidazole rings is 1. The number of halogens is 1. The number of anilines is 1. The Labute approximate surface area is 150 Å². The van der Waals surface area contributed by atoms with Crippen LogP contribution < -0.4 is 5.32 Å². The maximum Gasteiger partial charge on any atom is 0.154 e. The molecule has 0 spiro atoms. The van der Waals surface area contributed by atoms with Gasteiger partial charge < -0.3 is 10.3 Å². The van der Waals surface area contributed by atoms with Crippen molar-refractivity contribution in [3.8, 4) is 11.4 Å². The predicted molar refractivity (Wildman–Crippen MR) is 101 cm³/mol. The van der Waals surface area contributed by atoms with Gasteiger partial charge in [-0.3, -0.25) is 4.98 Å². The first-order valence-corrected chi connectivity index (χ1v) is 8.41. The van der Waals surface area contributed by atoms with Crippen molar-refractivity contribution in [1.82, 2.24) is 19.9 Å². The number of hydrogen-bond acceptors (Lipinski definition) is 4. The summed E-state index contributed by atoms with van der Waals surface area (Å²) in [5.74, 6) is 1.51. The van der Waals surface area contributed by atoms with Crippen molar-refractivity contribution in [3.63, 3.8) is 0 Å². The van der Waals surface area contributed by atoms with Crippen LogP contribution in [-0.2, 0) is 6.42 Å². The highest BCUT2D eigenvalue weighted by Gasteiger charge is 2.11. The fraction of sp³-hybridized carbons (Fsp3) is 0.105. The minimum Gasteiger partial charge on any atom is -0.368 e. The van der Waals surface area contributed by atoms with Crippen LogP contribution in [0.25, 0.3) is 22.4 Å². The molecule has 0 radical (unpaired) electrons. The second-order valence-electron chi connectivity index (χ2n) is 5.65. The highest BCUT2D eigenvalue weighted by Crippen LogP contribution is 2.28. The van der Waals surface area contributed by atoms with Crippen LogP contribution in [0.1, 0.15) is 5.56 Å². The molecule has 1 aromatic carbocycles. The molecule has 3 aromatic heterocycles. The molecule has 0 amide bonds. The number of fused-ring (bicyclic) bond motifs is 1. The third-order valence-corrected chi connectivity index (χ3v) is 4.31. The van der Waals surface area contributed by atoms with E-state index in [1.165, 1.54) is 5.56 Å². The van der Waals surface area contributed by atoms with Crippen molar-refractivity contribution in [2.75, 3.05) is 11.9 Å². The number of aromatic amines is 1. The van der Waals surface area contributed by atoms with Gasteiger partial charge in [-0.15, -0.1) is 0 Å². The van der Waals surface area contributed by atoms with E-state index in [0.29, 0.717) is 5.02 Å². The van der Waals surface area contributed by atoms with Crippen molar-refractivity contribution in [1.29, 1.82) is 0 Å². The fourth-order valence-electron chi connectivity index (χ4n) is 2.72. The van der Waals surface area contributed by atoms with Crippen LogP contribution in [0.4, 0.5) is 5.82 Å². The summed E-state index contributed by atoms with van der Waals surface area (Å²) < 4.78 is 0. The second kappa shape index (κ2) is 6.91. The SMILES string of the molecule is Clc1ccccc1-c1nc2c(NCCc3ccncc3)nccc2[nH]1. The standard InChI is InChI=1S/C19H16ClN5/c20-15-4-2-1-3-14(15)18-24-16-8-12-23-19(17(16)25-18)22-11-7-13-5-9-21-10-6-13/h1-6,8-10,12H,7,11H2,(H,22,23)(H,24,25). The maximum absolute atomic E-state index is 6.28. The average Bonchev–Trinajstić information content (AvgIpc) is 3.08. The average molecular weight is 350 g/mol. The fourth-order valence-corrected chi connectivity index (χ4v) is 2.95. The molecule has 4 aromatic rings. The van der Waals surface area contributed by atoms with Gasteiger partial charge in [0, 0.05) is 30.7 Å². The Morgan fingerprint density at radius 3 is 2.68 bits per heavy atom. The summed E-state index contributed by atoms with van der Waals surface area (Å²) in [5.41, 5.74) is 3.85. The van der Waals surface area contributed by atoms with E-state index in [-0.39, 0.29) is 0 Å². The van der Waals surface area contributed by atoms with Gasteiger partial charge in [-0.1, -0.05) is 23.7 Å². The van der Waals surface area contributed by atoms with Crippen molar-refractivity contribution in [2.45, 2.75) is 6.42 Å². The van der Waals surface area contributed by atoms with Crippen molar-refractivity contribution >= 4 is 28.5 Å². The monoisotopic (exact) mass is 349 g/mol. The first-order valence-electron chi connectivity index (χ1n) is 8.03. The summed E-state index contributed by atoms with van der Waals surface area (Å²) >= 11 is 6.28. The zero-order chi connectivity index (χ0) is 17.1. The second-order valence-corrected chi connectivity index (χ2v) is 6.06. The molecule has 0 saturated carbocycles. The van der Waals surface area contributed by atoms with E-state index in [4.69, 9.17) is 16.6 Å². The molecule has 0 aliphatic carbocycles. The summed E-state index contributed by atoms with van der Waals surface area (Å²) in [5, 5.41) is 4.04. The summed E-state index contributed by atoms with van der Waals surface area (Å²) in [6.07, 6.45) is 6.27. The molecule has 0 saturated heterocycles. The number of nitrogens with zero attached hydrogens (tertiary/aromatic N) is 3. The topological polar surface area (TPSA) is 66.5 Å². The van der Waals surface area contributed by atoms with Crippen molar-refractivity contribution < 1.29 is 0 Å². The first-order chi connectivity index (χ1) is 12.3. The van der Waals surface area contributed by atoms with E-state index >= 15 is 0 Å². The van der Waals surface area contributed by atoms with Crippen LogP contribution in [-0.4, -0.2) is 26.5 Å². The van der Waals surface area contributed by atoms with Gasteiger partial charge >= 0.3 is 0 Å². The zero-order valence-corrected chi connectivity index (χ0v) is 14.2. The third-order valence-electron chi connectivity index (χ3n) is 3.99. The van der Waals surface area contributed by atoms with Gasteiger partial charge in [0.15, 0.2) is 5.82 Å². The molecule has 25 heavy (non-hydrogen) atoms. The van der Waals surface area contributed by atoms with Gasteiger partial charge in [-0.2, -0.15) is 0 Å². The molecule has 6 heteroatoms. The van der Waals surface area contributed by atoms with Gasteiger partial charge in [0.2, 0.25) is 0 Å². The molecule has 5 nitrogen and oxygen atoms in total. The molecular weight excluding hydrogens is 334 g/mol. The molecule has 2 N–H and O–H groups in total. The number of benzene rings is 1. The molecular formula is C19H16ClN5. The lowest BCUT2D eigenvalue weighted by molar-refractivity contribution is 1.00. The Balaban J connectivity index is 1.59. The quantitative estimate of drug-likeness (QED) is 0.563. The Bertz CT molecular complexity index is 997. The highest BCUT2D eigenvalue weighted by atomic mass is 35.5. The normalized spacial score (nSPS) is 10.9. The largest absolute Gasteiger partial charge is 0.368 e. The Morgan fingerprint density at radius 2 is 1.84 bits per heavy atom. The third kappa shape index (κ3) is 3.32. The Kier molecular flexibility index (Phi) is 4.31. The van der Waals surface area contributed by atoms with Crippen molar-refractivity contribution in [3.05, 3.63) is 71.6 Å². The Morgan fingerprint density at radius 1 is 1.00 bits per heavy atom. The molecule has 124 valence electrons.